The van der Waals surface area contributed by atoms with Crippen molar-refractivity contribution in [2.24, 2.45) is 28.3 Å². The highest BCUT2D eigenvalue weighted by atomic mass is 16.3. The third-order valence-corrected chi connectivity index (χ3v) is 5.85. The molecule has 1 N–H and O–H groups in total. The number of allylic oxidation sites excluding steroid dienone is 1. The summed E-state index contributed by atoms with van der Waals surface area (Å²) in [4.78, 5) is 12.3. The monoisotopic (exact) mass is 312 g/mol. The zero-order valence-corrected chi connectivity index (χ0v) is 13.4. The van der Waals surface area contributed by atoms with E-state index in [-0.39, 0.29) is 11.3 Å². The summed E-state index contributed by atoms with van der Waals surface area (Å²) in [5, 5.41) is 4.02. The molecule has 23 heavy (non-hydrogen) atoms. The molecule has 1 amide bonds. The van der Waals surface area contributed by atoms with Gasteiger partial charge in [0.15, 0.2) is 0 Å². The van der Waals surface area contributed by atoms with Gasteiger partial charge >= 0.3 is 0 Å². The Labute approximate surface area is 137 Å². The minimum absolute atomic E-state index is 0.0644. The van der Waals surface area contributed by atoms with Gasteiger partial charge in [-0.2, -0.15) is 5.10 Å². The normalized spacial score (nSPS) is 35.4. The van der Waals surface area contributed by atoms with E-state index in [1.165, 1.54) is 38.5 Å². The number of nitrogens with one attached hydrogen (secondary N) is 1. The van der Waals surface area contributed by atoms with Crippen molar-refractivity contribution in [3.8, 4) is 0 Å². The van der Waals surface area contributed by atoms with Gasteiger partial charge in [-0.3, -0.25) is 4.79 Å². The lowest BCUT2D eigenvalue weighted by molar-refractivity contribution is -0.129. The van der Waals surface area contributed by atoms with Crippen molar-refractivity contribution in [1.82, 2.24) is 5.43 Å². The number of nitrogens with zero attached hydrogens (tertiary/aromatic N) is 1. The highest BCUT2D eigenvalue weighted by Crippen LogP contribution is 2.61. The second kappa shape index (κ2) is 5.99. The first kappa shape index (κ1) is 14.7. The molecule has 122 valence electrons. The zero-order chi connectivity index (χ0) is 15.7. The van der Waals surface area contributed by atoms with Crippen LogP contribution in [-0.2, 0) is 4.79 Å². The lowest BCUT2D eigenvalue weighted by Gasteiger charge is -2.56. The molecule has 4 bridgehead atoms. The molecule has 1 heterocycles. The summed E-state index contributed by atoms with van der Waals surface area (Å²) in [7, 11) is 0. The van der Waals surface area contributed by atoms with Crippen LogP contribution in [0.5, 0.6) is 0 Å². The molecule has 4 aliphatic rings. The van der Waals surface area contributed by atoms with Crippen LogP contribution in [0.25, 0.3) is 6.08 Å². The van der Waals surface area contributed by atoms with E-state index in [1.807, 2.05) is 18.2 Å². The Bertz CT molecular complexity index is 580. The Kier molecular flexibility index (Phi) is 3.83. The molecule has 0 aromatic carbocycles. The van der Waals surface area contributed by atoms with E-state index < -0.39 is 0 Å². The van der Waals surface area contributed by atoms with Crippen LogP contribution in [0.3, 0.4) is 0 Å². The summed E-state index contributed by atoms with van der Waals surface area (Å²) in [6.07, 6.45) is 15.5. The molecule has 0 aliphatic heterocycles. The fourth-order valence-corrected chi connectivity index (χ4v) is 5.56. The maximum atomic E-state index is 12.3. The average molecular weight is 312 g/mol. The van der Waals surface area contributed by atoms with Crippen molar-refractivity contribution in [3.05, 3.63) is 30.2 Å². The molecule has 0 saturated heterocycles. The third-order valence-electron chi connectivity index (χ3n) is 5.85. The van der Waals surface area contributed by atoms with Crippen LogP contribution >= 0.6 is 0 Å². The van der Waals surface area contributed by atoms with E-state index in [2.05, 4.69) is 10.5 Å². The van der Waals surface area contributed by atoms with Crippen molar-refractivity contribution in [1.29, 1.82) is 0 Å². The van der Waals surface area contributed by atoms with Crippen molar-refractivity contribution in [2.75, 3.05) is 0 Å². The van der Waals surface area contributed by atoms with Crippen molar-refractivity contribution >= 4 is 18.2 Å². The summed E-state index contributed by atoms with van der Waals surface area (Å²) in [5.74, 6) is 3.49. The van der Waals surface area contributed by atoms with Gasteiger partial charge in [-0.25, -0.2) is 5.43 Å². The van der Waals surface area contributed by atoms with Gasteiger partial charge in [0.1, 0.15) is 5.76 Å². The largest absolute Gasteiger partial charge is 0.465 e. The summed E-state index contributed by atoms with van der Waals surface area (Å²) < 4.78 is 5.18. The number of amides is 1. The maximum Gasteiger partial charge on any atom is 0.240 e. The fraction of sp³-hybridized carbons (Fsp3) is 0.579. The standard InChI is InChI=1S/C19H24N2O2/c22-18(21-20-5-1-3-17-4-2-6-23-17)13-19-10-14-7-15(11-19)9-16(8-14)12-19/h1-6,14-16H,7-13H2,(H,21,22). The molecule has 1 aromatic rings. The summed E-state index contributed by atoms with van der Waals surface area (Å²) in [6, 6.07) is 3.71. The number of hydrogen-bond acceptors (Lipinski definition) is 3. The zero-order valence-electron chi connectivity index (χ0n) is 13.4. The minimum atomic E-state index is 0.0644. The number of hydrogen-bond donors (Lipinski definition) is 1. The van der Waals surface area contributed by atoms with Crippen molar-refractivity contribution in [3.63, 3.8) is 0 Å². The Morgan fingerprint density at radius 2 is 1.96 bits per heavy atom. The van der Waals surface area contributed by atoms with Crippen LogP contribution in [0.2, 0.25) is 0 Å². The Hall–Kier alpha value is -1.84. The van der Waals surface area contributed by atoms with Crippen LogP contribution in [0.4, 0.5) is 0 Å². The molecule has 0 unspecified atom stereocenters. The minimum Gasteiger partial charge on any atom is -0.465 e. The van der Waals surface area contributed by atoms with Gasteiger partial charge in [-0.1, -0.05) is 0 Å². The smallest absolute Gasteiger partial charge is 0.240 e. The molecule has 0 spiro atoms. The molecule has 4 fully saturated rings. The van der Waals surface area contributed by atoms with Gasteiger partial charge in [0.05, 0.1) is 6.26 Å². The Morgan fingerprint density at radius 3 is 2.57 bits per heavy atom. The van der Waals surface area contributed by atoms with Crippen LogP contribution in [0.1, 0.15) is 50.7 Å². The summed E-state index contributed by atoms with van der Waals surface area (Å²) >= 11 is 0. The van der Waals surface area contributed by atoms with E-state index in [9.17, 15) is 4.79 Å². The van der Waals surface area contributed by atoms with Crippen molar-refractivity contribution < 1.29 is 9.21 Å². The van der Waals surface area contributed by atoms with Crippen molar-refractivity contribution in [2.45, 2.75) is 44.9 Å². The lowest BCUT2D eigenvalue weighted by Crippen LogP contribution is -2.47. The lowest BCUT2D eigenvalue weighted by atomic mass is 9.49. The molecule has 0 radical (unpaired) electrons. The summed E-state index contributed by atoms with van der Waals surface area (Å²) in [6.45, 7) is 0. The van der Waals surface area contributed by atoms with E-state index in [0.717, 1.165) is 23.5 Å². The predicted molar refractivity (Wildman–Crippen MR) is 89.6 cm³/mol. The first-order valence-corrected chi connectivity index (χ1v) is 8.73. The molecular formula is C19H24N2O2. The predicted octanol–water partition coefficient (Wildman–Crippen LogP) is 4.00. The fourth-order valence-electron chi connectivity index (χ4n) is 5.56. The highest BCUT2D eigenvalue weighted by molar-refractivity contribution is 5.81. The van der Waals surface area contributed by atoms with Gasteiger partial charge in [0, 0.05) is 12.6 Å². The van der Waals surface area contributed by atoms with Crippen LogP contribution in [0.15, 0.2) is 34.0 Å². The van der Waals surface area contributed by atoms with Crippen LogP contribution in [0, 0.1) is 23.2 Å². The SMILES string of the molecule is O=C(CC12CC3CC(CC(C3)C1)C2)NN=CC=Cc1ccco1. The van der Waals surface area contributed by atoms with Gasteiger partial charge in [0.25, 0.3) is 0 Å². The number of rotatable bonds is 5. The second-order valence-electron chi connectivity index (χ2n) is 7.78. The van der Waals surface area contributed by atoms with E-state index >= 15 is 0 Å². The van der Waals surface area contributed by atoms with E-state index in [0.29, 0.717) is 6.42 Å². The average Bonchev–Trinajstić information content (AvgIpc) is 2.98. The van der Waals surface area contributed by atoms with E-state index in [4.69, 9.17) is 4.42 Å². The summed E-state index contributed by atoms with van der Waals surface area (Å²) in [5.41, 5.74) is 2.96. The first-order chi connectivity index (χ1) is 11.2. The maximum absolute atomic E-state index is 12.3. The number of carbonyl (C=O) groups is 1. The topological polar surface area (TPSA) is 54.6 Å². The van der Waals surface area contributed by atoms with Crippen LogP contribution in [-0.4, -0.2) is 12.1 Å². The Balaban J connectivity index is 1.29. The molecule has 1 aromatic heterocycles. The molecule has 0 atom stereocenters. The third kappa shape index (κ3) is 3.26. The van der Waals surface area contributed by atoms with Crippen LogP contribution < -0.4 is 5.43 Å². The molecule has 4 saturated carbocycles. The highest BCUT2D eigenvalue weighted by Gasteiger charge is 2.51. The molecule has 4 heteroatoms. The quantitative estimate of drug-likeness (QED) is 0.660. The number of carbonyl (C=O) groups excluding carboxylic acids is 1. The molecule has 4 nitrogen and oxygen atoms in total. The Morgan fingerprint density at radius 1 is 1.26 bits per heavy atom. The number of furan rings is 1. The van der Waals surface area contributed by atoms with Gasteiger partial charge in [-0.05, 0) is 86.0 Å². The molecular weight excluding hydrogens is 288 g/mol. The van der Waals surface area contributed by atoms with Gasteiger partial charge in [0.2, 0.25) is 5.91 Å². The van der Waals surface area contributed by atoms with Gasteiger partial charge < -0.3 is 4.42 Å². The van der Waals surface area contributed by atoms with E-state index in [1.54, 1.807) is 18.6 Å². The number of hydrazone groups is 1. The second-order valence-corrected chi connectivity index (χ2v) is 7.78. The first-order valence-electron chi connectivity index (χ1n) is 8.73. The molecule has 4 aliphatic carbocycles. The molecule has 5 rings (SSSR count). The van der Waals surface area contributed by atoms with Gasteiger partial charge in [-0.15, -0.1) is 0 Å².